The summed E-state index contributed by atoms with van der Waals surface area (Å²) in [4.78, 5) is 4.47. The molecule has 0 unspecified atom stereocenters. The van der Waals surface area contributed by atoms with Gasteiger partial charge in [-0.1, -0.05) is 13.0 Å². The molecule has 88 valence electrons. The van der Waals surface area contributed by atoms with Gasteiger partial charge in [-0.2, -0.15) is 5.26 Å². The Morgan fingerprint density at radius 3 is 3.00 bits per heavy atom. The molecule has 2 rings (SSSR count). The third-order valence-electron chi connectivity index (χ3n) is 2.70. The molecular formula is C13H15N3O. The zero-order valence-corrected chi connectivity index (χ0v) is 10.1. The number of para-hydroxylation sites is 1. The molecule has 0 radical (unpaired) electrons. The predicted octanol–water partition coefficient (Wildman–Crippen LogP) is 2.37. The van der Waals surface area contributed by atoms with Crippen LogP contribution >= 0.6 is 0 Å². The zero-order valence-electron chi connectivity index (χ0n) is 10.1. The van der Waals surface area contributed by atoms with Crippen LogP contribution < -0.4 is 0 Å². The van der Waals surface area contributed by atoms with Crippen molar-refractivity contribution in [1.82, 2.24) is 9.55 Å². The van der Waals surface area contributed by atoms with Crippen LogP contribution in [-0.4, -0.2) is 16.2 Å². The van der Waals surface area contributed by atoms with E-state index >= 15 is 0 Å². The van der Waals surface area contributed by atoms with Crippen LogP contribution in [0.15, 0.2) is 18.2 Å². The lowest BCUT2D eigenvalue weighted by Crippen LogP contribution is -2.01. The summed E-state index contributed by atoms with van der Waals surface area (Å²) >= 11 is 0. The number of nitrogens with zero attached hydrogens (tertiary/aromatic N) is 3. The van der Waals surface area contributed by atoms with E-state index in [1.54, 1.807) is 6.07 Å². The Morgan fingerprint density at radius 1 is 1.47 bits per heavy atom. The van der Waals surface area contributed by atoms with E-state index in [2.05, 4.69) is 18.0 Å². The topological polar surface area (TPSA) is 50.8 Å². The van der Waals surface area contributed by atoms with E-state index in [0.717, 1.165) is 29.9 Å². The van der Waals surface area contributed by atoms with Crippen molar-refractivity contribution in [2.75, 3.05) is 6.61 Å². The molecule has 0 fully saturated rings. The highest BCUT2D eigenvalue weighted by Crippen LogP contribution is 2.18. The summed E-state index contributed by atoms with van der Waals surface area (Å²) in [6.07, 6.45) is 0.993. The van der Waals surface area contributed by atoms with Gasteiger partial charge < -0.3 is 9.30 Å². The maximum atomic E-state index is 9.02. The number of hydrogen-bond acceptors (Lipinski definition) is 3. The third-order valence-corrected chi connectivity index (χ3v) is 2.70. The van der Waals surface area contributed by atoms with Crippen molar-refractivity contribution in [3.63, 3.8) is 0 Å². The van der Waals surface area contributed by atoms with Crippen LogP contribution in [0.2, 0.25) is 0 Å². The fourth-order valence-electron chi connectivity index (χ4n) is 1.79. The van der Waals surface area contributed by atoms with Crippen molar-refractivity contribution in [3.05, 3.63) is 29.6 Å². The second kappa shape index (κ2) is 4.98. The molecule has 0 aliphatic carbocycles. The third kappa shape index (κ3) is 2.15. The molecule has 1 aromatic carbocycles. The van der Waals surface area contributed by atoms with Crippen molar-refractivity contribution >= 4 is 11.0 Å². The molecule has 0 saturated carbocycles. The van der Waals surface area contributed by atoms with Crippen molar-refractivity contribution in [2.24, 2.45) is 7.05 Å². The van der Waals surface area contributed by atoms with Crippen LogP contribution in [0.5, 0.6) is 0 Å². The normalized spacial score (nSPS) is 10.6. The van der Waals surface area contributed by atoms with E-state index in [4.69, 9.17) is 10.00 Å². The first-order valence-electron chi connectivity index (χ1n) is 5.70. The standard InChI is InChI=1S/C13H15N3O/c1-3-7-17-9-12-15-13-10(8-14)5-4-6-11(13)16(12)2/h4-6H,3,7,9H2,1-2H3. The van der Waals surface area contributed by atoms with Crippen molar-refractivity contribution in [2.45, 2.75) is 20.0 Å². The molecule has 2 aromatic rings. The summed E-state index contributed by atoms with van der Waals surface area (Å²) < 4.78 is 7.46. The van der Waals surface area contributed by atoms with Crippen LogP contribution in [-0.2, 0) is 18.4 Å². The molecule has 4 heteroatoms. The van der Waals surface area contributed by atoms with E-state index in [1.807, 2.05) is 23.7 Å². The van der Waals surface area contributed by atoms with Gasteiger partial charge in [0.1, 0.15) is 24.0 Å². The minimum absolute atomic E-state index is 0.490. The Bertz CT molecular complexity index is 566. The van der Waals surface area contributed by atoms with Crippen LogP contribution in [0.1, 0.15) is 24.7 Å². The predicted molar refractivity (Wildman–Crippen MR) is 65.4 cm³/mol. The van der Waals surface area contributed by atoms with Crippen LogP contribution in [0.3, 0.4) is 0 Å². The molecular weight excluding hydrogens is 214 g/mol. The van der Waals surface area contributed by atoms with E-state index in [9.17, 15) is 0 Å². The summed E-state index contributed by atoms with van der Waals surface area (Å²) in [5.41, 5.74) is 2.34. The average Bonchev–Trinajstić information content (AvgIpc) is 2.67. The first kappa shape index (κ1) is 11.6. The summed E-state index contributed by atoms with van der Waals surface area (Å²) in [6.45, 7) is 3.29. The SMILES string of the molecule is CCCOCc1nc2c(C#N)cccc2n1C. The number of aromatic nitrogens is 2. The smallest absolute Gasteiger partial charge is 0.135 e. The van der Waals surface area contributed by atoms with Crippen molar-refractivity contribution in [3.8, 4) is 6.07 Å². The van der Waals surface area contributed by atoms with Gasteiger partial charge in [0.2, 0.25) is 0 Å². The summed E-state index contributed by atoms with van der Waals surface area (Å²) in [5.74, 6) is 0.858. The summed E-state index contributed by atoms with van der Waals surface area (Å²) in [6, 6.07) is 7.78. The lowest BCUT2D eigenvalue weighted by molar-refractivity contribution is 0.114. The van der Waals surface area contributed by atoms with Crippen molar-refractivity contribution < 1.29 is 4.74 Å². The van der Waals surface area contributed by atoms with Gasteiger partial charge in [0.25, 0.3) is 0 Å². The number of hydrogen-bond donors (Lipinski definition) is 0. The number of aryl methyl sites for hydroxylation is 1. The lowest BCUT2D eigenvalue weighted by atomic mass is 10.2. The monoisotopic (exact) mass is 229 g/mol. The molecule has 1 aromatic heterocycles. The Balaban J connectivity index is 2.39. The fourth-order valence-corrected chi connectivity index (χ4v) is 1.79. The van der Waals surface area contributed by atoms with Gasteiger partial charge in [0, 0.05) is 13.7 Å². The number of rotatable bonds is 4. The molecule has 0 saturated heterocycles. The number of ether oxygens (including phenoxy) is 1. The van der Waals surface area contributed by atoms with Gasteiger partial charge in [-0.3, -0.25) is 0 Å². The molecule has 17 heavy (non-hydrogen) atoms. The van der Waals surface area contributed by atoms with Crippen LogP contribution in [0.4, 0.5) is 0 Å². The minimum Gasteiger partial charge on any atom is -0.374 e. The fraction of sp³-hybridized carbons (Fsp3) is 0.385. The molecule has 0 aliphatic heterocycles. The van der Waals surface area contributed by atoms with Gasteiger partial charge in [0.15, 0.2) is 0 Å². The molecule has 0 amide bonds. The Morgan fingerprint density at radius 2 is 2.29 bits per heavy atom. The Hall–Kier alpha value is -1.86. The first-order valence-corrected chi connectivity index (χ1v) is 5.70. The van der Waals surface area contributed by atoms with Gasteiger partial charge in [-0.25, -0.2) is 4.98 Å². The molecule has 0 aliphatic rings. The Kier molecular flexibility index (Phi) is 3.40. The molecule has 0 spiro atoms. The van der Waals surface area contributed by atoms with E-state index in [-0.39, 0.29) is 0 Å². The van der Waals surface area contributed by atoms with Crippen molar-refractivity contribution in [1.29, 1.82) is 5.26 Å². The molecule has 0 bridgehead atoms. The summed E-state index contributed by atoms with van der Waals surface area (Å²) in [5, 5.41) is 9.02. The lowest BCUT2D eigenvalue weighted by Gasteiger charge is -2.02. The molecule has 0 N–H and O–H groups in total. The second-order valence-corrected chi connectivity index (χ2v) is 3.92. The molecule has 4 nitrogen and oxygen atoms in total. The van der Waals surface area contributed by atoms with E-state index in [0.29, 0.717) is 12.2 Å². The number of fused-ring (bicyclic) bond motifs is 1. The minimum atomic E-state index is 0.490. The largest absolute Gasteiger partial charge is 0.374 e. The number of nitriles is 1. The van der Waals surface area contributed by atoms with E-state index in [1.165, 1.54) is 0 Å². The maximum Gasteiger partial charge on any atom is 0.135 e. The van der Waals surface area contributed by atoms with Gasteiger partial charge >= 0.3 is 0 Å². The highest BCUT2D eigenvalue weighted by atomic mass is 16.5. The first-order chi connectivity index (χ1) is 8.27. The summed E-state index contributed by atoms with van der Waals surface area (Å²) in [7, 11) is 1.95. The highest BCUT2D eigenvalue weighted by molar-refractivity contribution is 5.82. The quantitative estimate of drug-likeness (QED) is 0.756. The van der Waals surface area contributed by atoms with Gasteiger partial charge in [0.05, 0.1) is 11.1 Å². The van der Waals surface area contributed by atoms with Crippen LogP contribution in [0, 0.1) is 11.3 Å². The molecule has 0 atom stereocenters. The zero-order chi connectivity index (χ0) is 12.3. The van der Waals surface area contributed by atoms with Gasteiger partial charge in [-0.05, 0) is 18.6 Å². The highest BCUT2D eigenvalue weighted by Gasteiger charge is 2.10. The maximum absolute atomic E-state index is 9.02. The number of imidazole rings is 1. The molecule has 1 heterocycles. The number of benzene rings is 1. The average molecular weight is 229 g/mol. The van der Waals surface area contributed by atoms with Crippen LogP contribution in [0.25, 0.3) is 11.0 Å². The second-order valence-electron chi connectivity index (χ2n) is 3.92. The van der Waals surface area contributed by atoms with Gasteiger partial charge in [-0.15, -0.1) is 0 Å². The van der Waals surface area contributed by atoms with E-state index < -0.39 is 0 Å². The Labute approximate surface area is 100 Å².